The van der Waals surface area contributed by atoms with Crippen LogP contribution in [0.15, 0.2) is 42.5 Å². The van der Waals surface area contributed by atoms with Crippen molar-refractivity contribution in [2.75, 3.05) is 19.0 Å². The summed E-state index contributed by atoms with van der Waals surface area (Å²) in [5, 5.41) is 13.3. The molecule has 8 heteroatoms. The maximum absolute atomic E-state index is 12.5. The van der Waals surface area contributed by atoms with Crippen LogP contribution in [-0.2, 0) is 11.3 Å². The van der Waals surface area contributed by atoms with Gasteiger partial charge in [0.05, 0.1) is 30.5 Å². The molecule has 2 rings (SSSR count). The molecule has 0 spiro atoms. The molecule has 1 amide bonds. The molecule has 2 aromatic carbocycles. The number of carbonyl (C=O) groups is 2. The average molecular weight is 358 g/mol. The lowest BCUT2D eigenvalue weighted by atomic mass is 10.1. The number of para-hydroxylation sites is 1. The Morgan fingerprint density at radius 2 is 1.92 bits per heavy atom. The lowest BCUT2D eigenvalue weighted by Gasteiger charge is -2.11. The maximum Gasteiger partial charge on any atom is 0.340 e. The van der Waals surface area contributed by atoms with Gasteiger partial charge in [-0.25, -0.2) is 4.79 Å². The number of esters is 1. The van der Waals surface area contributed by atoms with E-state index in [1.54, 1.807) is 31.2 Å². The van der Waals surface area contributed by atoms with Crippen molar-refractivity contribution >= 4 is 17.6 Å². The average Bonchev–Trinajstić information content (AvgIpc) is 2.62. The number of amides is 1. The third kappa shape index (κ3) is 4.56. The molecule has 0 aromatic heterocycles. The van der Waals surface area contributed by atoms with Crippen LogP contribution >= 0.6 is 0 Å². The predicted molar refractivity (Wildman–Crippen MR) is 94.0 cm³/mol. The van der Waals surface area contributed by atoms with Crippen molar-refractivity contribution < 1.29 is 24.0 Å². The van der Waals surface area contributed by atoms with Crippen molar-refractivity contribution in [3.8, 4) is 5.75 Å². The molecule has 0 aliphatic rings. The SMILES string of the molecule is CCOC(=O)c1ccccc1NC(=O)c1ccc(C[N+](=O)[O-])c(OC)c1. The van der Waals surface area contributed by atoms with Crippen molar-refractivity contribution in [2.45, 2.75) is 13.5 Å². The van der Waals surface area contributed by atoms with Crippen molar-refractivity contribution in [1.29, 1.82) is 0 Å². The van der Waals surface area contributed by atoms with E-state index in [-0.39, 0.29) is 23.5 Å². The summed E-state index contributed by atoms with van der Waals surface area (Å²) in [4.78, 5) is 34.7. The molecule has 0 saturated carbocycles. The minimum Gasteiger partial charge on any atom is -0.496 e. The number of ether oxygens (including phenoxy) is 2. The van der Waals surface area contributed by atoms with Gasteiger partial charge in [0.25, 0.3) is 5.91 Å². The molecule has 0 heterocycles. The Balaban J connectivity index is 2.26. The zero-order valence-electron chi connectivity index (χ0n) is 14.4. The third-order valence-corrected chi connectivity index (χ3v) is 3.52. The van der Waals surface area contributed by atoms with Crippen LogP contribution in [0.1, 0.15) is 33.2 Å². The van der Waals surface area contributed by atoms with E-state index in [0.29, 0.717) is 11.3 Å². The summed E-state index contributed by atoms with van der Waals surface area (Å²) in [6.45, 7) is 1.50. The molecule has 26 heavy (non-hydrogen) atoms. The van der Waals surface area contributed by atoms with Crippen molar-refractivity contribution in [3.05, 3.63) is 69.3 Å². The first-order valence-corrected chi connectivity index (χ1v) is 7.82. The van der Waals surface area contributed by atoms with Crippen LogP contribution in [0, 0.1) is 10.1 Å². The zero-order valence-corrected chi connectivity index (χ0v) is 14.4. The minimum absolute atomic E-state index is 0.218. The van der Waals surface area contributed by atoms with Gasteiger partial charge in [0, 0.05) is 10.5 Å². The van der Waals surface area contributed by atoms with Crippen molar-refractivity contribution in [1.82, 2.24) is 0 Å². The highest BCUT2D eigenvalue weighted by molar-refractivity contribution is 6.08. The third-order valence-electron chi connectivity index (χ3n) is 3.52. The van der Waals surface area contributed by atoms with Crippen LogP contribution in [0.25, 0.3) is 0 Å². The van der Waals surface area contributed by atoms with E-state index < -0.39 is 23.3 Å². The highest BCUT2D eigenvalue weighted by Crippen LogP contribution is 2.23. The number of carbonyl (C=O) groups excluding carboxylic acids is 2. The van der Waals surface area contributed by atoms with Crippen LogP contribution in [-0.4, -0.2) is 30.5 Å². The summed E-state index contributed by atoms with van der Waals surface area (Å²) >= 11 is 0. The molecule has 0 fully saturated rings. The van der Waals surface area contributed by atoms with E-state index in [0.717, 1.165) is 0 Å². The van der Waals surface area contributed by atoms with Gasteiger partial charge in [-0.1, -0.05) is 12.1 Å². The summed E-state index contributed by atoms with van der Waals surface area (Å²) in [6.07, 6.45) is 0. The smallest absolute Gasteiger partial charge is 0.340 e. The molecular formula is C18H18N2O6. The van der Waals surface area contributed by atoms with Gasteiger partial charge >= 0.3 is 5.97 Å². The molecule has 2 aromatic rings. The Hall–Kier alpha value is -3.42. The van der Waals surface area contributed by atoms with E-state index in [1.165, 1.54) is 25.3 Å². The number of nitrogens with one attached hydrogen (secondary N) is 1. The van der Waals surface area contributed by atoms with Gasteiger partial charge in [0.15, 0.2) is 0 Å². The summed E-state index contributed by atoms with van der Waals surface area (Å²) in [5.41, 5.74) is 1.15. The fraction of sp³-hybridized carbons (Fsp3) is 0.222. The second kappa shape index (κ2) is 8.61. The molecule has 136 valence electrons. The fourth-order valence-corrected chi connectivity index (χ4v) is 2.33. The first-order chi connectivity index (χ1) is 12.5. The number of benzene rings is 2. The normalized spacial score (nSPS) is 10.1. The fourth-order valence-electron chi connectivity index (χ4n) is 2.33. The quantitative estimate of drug-likeness (QED) is 0.463. The Kier molecular flexibility index (Phi) is 6.26. The molecule has 0 saturated heterocycles. The topological polar surface area (TPSA) is 108 Å². The van der Waals surface area contributed by atoms with Gasteiger partial charge in [0.1, 0.15) is 5.75 Å². The van der Waals surface area contributed by atoms with Crippen molar-refractivity contribution in [2.24, 2.45) is 0 Å². The second-order valence-corrected chi connectivity index (χ2v) is 5.24. The number of nitrogens with zero attached hydrogens (tertiary/aromatic N) is 1. The minimum atomic E-state index is -0.540. The Bertz CT molecular complexity index is 834. The van der Waals surface area contributed by atoms with E-state index in [1.807, 2.05) is 0 Å². The van der Waals surface area contributed by atoms with E-state index in [9.17, 15) is 19.7 Å². The molecule has 8 nitrogen and oxygen atoms in total. The molecule has 0 bridgehead atoms. The molecule has 1 N–H and O–H groups in total. The van der Waals surface area contributed by atoms with Gasteiger partial charge in [-0.3, -0.25) is 14.9 Å². The number of hydrogen-bond acceptors (Lipinski definition) is 6. The zero-order chi connectivity index (χ0) is 19.1. The summed E-state index contributed by atoms with van der Waals surface area (Å²) in [7, 11) is 1.37. The van der Waals surface area contributed by atoms with Crippen LogP contribution in [0.3, 0.4) is 0 Å². The molecule has 0 radical (unpaired) electrons. The predicted octanol–water partition coefficient (Wildman–Crippen LogP) is 2.90. The van der Waals surface area contributed by atoms with Gasteiger partial charge in [-0.05, 0) is 37.3 Å². The lowest BCUT2D eigenvalue weighted by molar-refractivity contribution is -0.496. The molecule has 0 unspecified atom stereocenters. The Labute approximate surface area is 149 Å². The van der Waals surface area contributed by atoms with Crippen LogP contribution in [0.5, 0.6) is 5.75 Å². The van der Waals surface area contributed by atoms with Gasteiger partial charge in [-0.2, -0.15) is 0 Å². The van der Waals surface area contributed by atoms with Crippen molar-refractivity contribution in [3.63, 3.8) is 0 Å². The number of hydrogen-bond donors (Lipinski definition) is 1. The Morgan fingerprint density at radius 3 is 2.58 bits per heavy atom. The molecule has 0 atom stereocenters. The largest absolute Gasteiger partial charge is 0.496 e. The number of methoxy groups -OCH3 is 1. The van der Waals surface area contributed by atoms with Crippen LogP contribution in [0.4, 0.5) is 5.69 Å². The summed E-state index contributed by atoms with van der Waals surface area (Å²) in [5.74, 6) is -0.775. The standard InChI is InChI=1S/C18H18N2O6/c1-3-26-18(22)14-6-4-5-7-15(14)19-17(21)12-8-9-13(11-20(23)24)16(10-12)25-2/h4-10H,3,11H2,1-2H3,(H,19,21). The summed E-state index contributed by atoms with van der Waals surface area (Å²) < 4.78 is 10.1. The number of anilines is 1. The lowest BCUT2D eigenvalue weighted by Crippen LogP contribution is -2.16. The molecule has 0 aliphatic carbocycles. The highest BCUT2D eigenvalue weighted by atomic mass is 16.6. The maximum atomic E-state index is 12.5. The number of rotatable bonds is 7. The Morgan fingerprint density at radius 1 is 1.19 bits per heavy atom. The van der Waals surface area contributed by atoms with E-state index in [2.05, 4.69) is 5.32 Å². The summed E-state index contributed by atoms with van der Waals surface area (Å²) in [6, 6.07) is 10.8. The van der Waals surface area contributed by atoms with Gasteiger partial charge < -0.3 is 14.8 Å². The second-order valence-electron chi connectivity index (χ2n) is 5.24. The van der Waals surface area contributed by atoms with E-state index >= 15 is 0 Å². The first-order valence-electron chi connectivity index (χ1n) is 7.82. The van der Waals surface area contributed by atoms with Crippen LogP contribution in [0.2, 0.25) is 0 Å². The molecular weight excluding hydrogens is 340 g/mol. The van der Waals surface area contributed by atoms with E-state index in [4.69, 9.17) is 9.47 Å². The van der Waals surface area contributed by atoms with Gasteiger partial charge in [0.2, 0.25) is 6.54 Å². The number of nitro groups is 1. The van der Waals surface area contributed by atoms with Gasteiger partial charge in [-0.15, -0.1) is 0 Å². The van der Waals surface area contributed by atoms with Crippen LogP contribution < -0.4 is 10.1 Å². The first kappa shape index (κ1) is 18.9. The highest BCUT2D eigenvalue weighted by Gasteiger charge is 2.17. The monoisotopic (exact) mass is 358 g/mol. The molecule has 0 aliphatic heterocycles.